The second kappa shape index (κ2) is 4.67. The molecule has 72 valence electrons. The number of hydrogen-bond acceptors (Lipinski definition) is 3. The Balaban J connectivity index is 3.22. The monoisotopic (exact) mass is 218 g/mol. The van der Waals surface area contributed by atoms with E-state index in [-0.39, 0.29) is 5.56 Å². The maximum atomic E-state index is 11.5. The molecule has 1 aromatic heterocycles. The zero-order valence-electron chi connectivity index (χ0n) is 7.58. The van der Waals surface area contributed by atoms with Crippen molar-refractivity contribution in [2.24, 2.45) is 0 Å². The van der Waals surface area contributed by atoms with Crippen molar-refractivity contribution in [2.45, 2.75) is 18.6 Å². The molecule has 0 saturated carbocycles. The summed E-state index contributed by atoms with van der Waals surface area (Å²) in [6.07, 6.45) is 1.89. The zero-order chi connectivity index (χ0) is 9.84. The summed E-state index contributed by atoms with van der Waals surface area (Å²) in [5.41, 5.74) is 0.720. The maximum absolute atomic E-state index is 11.5. The molecule has 0 aliphatic rings. The summed E-state index contributed by atoms with van der Waals surface area (Å²) < 4.78 is 1.59. The van der Waals surface area contributed by atoms with Gasteiger partial charge in [-0.25, -0.2) is 4.98 Å². The van der Waals surface area contributed by atoms with Crippen molar-refractivity contribution >= 4 is 23.4 Å². The molecular weight excluding hydrogens is 208 g/mol. The second-order valence-electron chi connectivity index (χ2n) is 2.56. The maximum Gasteiger partial charge on any atom is 0.254 e. The third-order valence-corrected chi connectivity index (χ3v) is 2.44. The van der Waals surface area contributed by atoms with Crippen molar-refractivity contribution in [1.29, 1.82) is 0 Å². The Morgan fingerprint density at radius 3 is 2.92 bits per heavy atom. The van der Waals surface area contributed by atoms with Crippen molar-refractivity contribution in [3.8, 4) is 0 Å². The van der Waals surface area contributed by atoms with E-state index in [2.05, 4.69) is 4.98 Å². The van der Waals surface area contributed by atoms with Crippen LogP contribution in [0.2, 0.25) is 0 Å². The molecule has 1 rings (SSSR count). The van der Waals surface area contributed by atoms with Gasteiger partial charge in [-0.15, -0.1) is 11.6 Å². The van der Waals surface area contributed by atoms with Crippen molar-refractivity contribution in [1.82, 2.24) is 9.55 Å². The van der Waals surface area contributed by atoms with E-state index in [9.17, 15) is 4.79 Å². The lowest BCUT2D eigenvalue weighted by Crippen LogP contribution is -2.23. The Morgan fingerprint density at radius 2 is 2.38 bits per heavy atom. The third-order valence-electron chi connectivity index (χ3n) is 1.59. The van der Waals surface area contributed by atoms with Gasteiger partial charge in [-0.3, -0.25) is 9.36 Å². The Morgan fingerprint density at radius 1 is 1.69 bits per heavy atom. The van der Waals surface area contributed by atoms with E-state index in [0.29, 0.717) is 12.4 Å². The molecule has 0 aliphatic heterocycles. The number of nitrogens with zero attached hydrogens (tertiary/aromatic N) is 2. The van der Waals surface area contributed by atoms with E-state index >= 15 is 0 Å². The van der Waals surface area contributed by atoms with Gasteiger partial charge >= 0.3 is 0 Å². The highest BCUT2D eigenvalue weighted by atomic mass is 35.5. The molecule has 3 nitrogen and oxygen atoms in total. The van der Waals surface area contributed by atoms with Crippen LogP contribution in [0.25, 0.3) is 0 Å². The molecule has 0 unspecified atom stereocenters. The first kappa shape index (κ1) is 10.6. The Labute approximate surface area is 86.1 Å². The van der Waals surface area contributed by atoms with Crippen LogP contribution in [0.3, 0.4) is 0 Å². The van der Waals surface area contributed by atoms with Gasteiger partial charge in [0.2, 0.25) is 0 Å². The largest absolute Gasteiger partial charge is 0.286 e. The zero-order valence-corrected chi connectivity index (χ0v) is 9.15. The molecular formula is C8H11ClN2OS. The lowest BCUT2D eigenvalue weighted by atomic mass is 10.4. The average molecular weight is 219 g/mol. The summed E-state index contributed by atoms with van der Waals surface area (Å²) in [4.78, 5) is 15.7. The van der Waals surface area contributed by atoms with Crippen LogP contribution in [0.5, 0.6) is 0 Å². The van der Waals surface area contributed by atoms with Crippen LogP contribution in [0, 0.1) is 6.92 Å². The molecule has 0 aliphatic carbocycles. The van der Waals surface area contributed by atoms with Crippen LogP contribution in [-0.2, 0) is 6.54 Å². The minimum atomic E-state index is -0.0301. The van der Waals surface area contributed by atoms with Gasteiger partial charge in [-0.1, -0.05) is 11.8 Å². The van der Waals surface area contributed by atoms with Crippen molar-refractivity contribution in [3.05, 3.63) is 22.1 Å². The van der Waals surface area contributed by atoms with E-state index in [0.717, 1.165) is 10.9 Å². The Bertz CT molecular complexity index is 350. The predicted molar refractivity (Wildman–Crippen MR) is 55.7 cm³/mol. The molecule has 0 saturated heterocycles. The van der Waals surface area contributed by atoms with E-state index in [1.54, 1.807) is 4.57 Å². The highest BCUT2D eigenvalue weighted by Gasteiger charge is 2.04. The number of alkyl halides is 1. The fraction of sp³-hybridized carbons (Fsp3) is 0.500. The van der Waals surface area contributed by atoms with Gasteiger partial charge in [0.15, 0.2) is 5.16 Å². The van der Waals surface area contributed by atoms with Gasteiger partial charge in [0.05, 0.1) is 0 Å². The van der Waals surface area contributed by atoms with E-state index < -0.39 is 0 Å². The summed E-state index contributed by atoms with van der Waals surface area (Å²) in [5.74, 6) is 0.429. The van der Waals surface area contributed by atoms with Crippen LogP contribution in [0.4, 0.5) is 0 Å². The van der Waals surface area contributed by atoms with Crippen LogP contribution in [0.1, 0.15) is 5.69 Å². The quantitative estimate of drug-likeness (QED) is 0.438. The number of rotatable bonds is 3. The molecule has 0 bridgehead atoms. The highest BCUT2D eigenvalue weighted by Crippen LogP contribution is 2.09. The van der Waals surface area contributed by atoms with Gasteiger partial charge in [-0.2, -0.15) is 0 Å². The molecule has 0 fully saturated rings. The third kappa shape index (κ3) is 2.48. The number of hydrogen-bond donors (Lipinski definition) is 0. The summed E-state index contributed by atoms with van der Waals surface area (Å²) in [6, 6.07) is 1.52. The normalized spacial score (nSPS) is 10.4. The van der Waals surface area contributed by atoms with E-state index in [1.807, 2.05) is 13.2 Å². The minimum absolute atomic E-state index is 0.0301. The number of aromatic nitrogens is 2. The summed E-state index contributed by atoms with van der Waals surface area (Å²) >= 11 is 7.04. The van der Waals surface area contributed by atoms with Crippen molar-refractivity contribution < 1.29 is 0 Å². The van der Waals surface area contributed by atoms with Gasteiger partial charge in [-0.05, 0) is 13.2 Å². The standard InChI is InChI=1S/C8H11ClN2OS/c1-6-5-7(12)11(4-3-9)8(10-6)13-2/h5H,3-4H2,1-2H3. The van der Waals surface area contributed by atoms with Gasteiger partial charge in [0.1, 0.15) is 0 Å². The van der Waals surface area contributed by atoms with E-state index in [1.165, 1.54) is 17.8 Å². The number of thioether (sulfide) groups is 1. The Hall–Kier alpha value is -0.480. The number of aryl methyl sites for hydroxylation is 1. The van der Waals surface area contributed by atoms with Gasteiger partial charge < -0.3 is 0 Å². The van der Waals surface area contributed by atoms with Crippen molar-refractivity contribution in [3.63, 3.8) is 0 Å². The smallest absolute Gasteiger partial charge is 0.254 e. The van der Waals surface area contributed by atoms with Gasteiger partial charge in [0.25, 0.3) is 5.56 Å². The first-order chi connectivity index (χ1) is 6.19. The summed E-state index contributed by atoms with van der Waals surface area (Å²) in [5, 5.41) is 0.727. The Kier molecular flexibility index (Phi) is 3.81. The molecule has 1 aromatic rings. The molecule has 13 heavy (non-hydrogen) atoms. The predicted octanol–water partition coefficient (Wildman–Crippen LogP) is 1.51. The first-order valence-corrected chi connectivity index (χ1v) is 5.63. The summed E-state index contributed by atoms with van der Waals surface area (Å²) in [7, 11) is 0. The lowest BCUT2D eigenvalue weighted by molar-refractivity contribution is 0.621. The second-order valence-corrected chi connectivity index (χ2v) is 3.71. The molecule has 5 heteroatoms. The lowest BCUT2D eigenvalue weighted by Gasteiger charge is -2.08. The molecule has 0 amide bonds. The molecule has 0 N–H and O–H groups in total. The first-order valence-electron chi connectivity index (χ1n) is 3.87. The topological polar surface area (TPSA) is 34.9 Å². The SMILES string of the molecule is CSc1nc(C)cc(=O)n1CCCl. The summed E-state index contributed by atoms with van der Waals surface area (Å²) in [6.45, 7) is 2.33. The minimum Gasteiger partial charge on any atom is -0.286 e. The fourth-order valence-corrected chi connectivity index (χ4v) is 1.85. The van der Waals surface area contributed by atoms with Crippen molar-refractivity contribution in [2.75, 3.05) is 12.1 Å². The van der Waals surface area contributed by atoms with E-state index in [4.69, 9.17) is 11.6 Å². The van der Waals surface area contributed by atoms with Crippen LogP contribution >= 0.6 is 23.4 Å². The molecule has 0 spiro atoms. The van der Waals surface area contributed by atoms with Crippen LogP contribution in [0.15, 0.2) is 16.0 Å². The molecule has 0 radical (unpaired) electrons. The fourth-order valence-electron chi connectivity index (χ4n) is 1.04. The highest BCUT2D eigenvalue weighted by molar-refractivity contribution is 7.98. The van der Waals surface area contributed by atoms with Crippen LogP contribution < -0.4 is 5.56 Å². The average Bonchev–Trinajstić information content (AvgIpc) is 2.09. The van der Waals surface area contributed by atoms with Crippen LogP contribution in [-0.4, -0.2) is 21.7 Å². The van der Waals surface area contributed by atoms with Gasteiger partial charge in [0, 0.05) is 24.2 Å². The molecule has 0 atom stereocenters. The molecule has 1 heterocycles. The molecule has 0 aromatic carbocycles. The number of halogens is 1.